The van der Waals surface area contributed by atoms with Gasteiger partial charge in [0, 0.05) is 37.9 Å². The van der Waals surface area contributed by atoms with E-state index in [4.69, 9.17) is 9.84 Å². The molecule has 1 aliphatic rings. The van der Waals surface area contributed by atoms with E-state index in [1.807, 2.05) is 65.5 Å². The molecule has 6 heteroatoms. The number of amides is 1. The second kappa shape index (κ2) is 11.1. The number of carbonyl (C=O) groups excluding carboxylic acids is 1. The lowest BCUT2D eigenvalue weighted by Gasteiger charge is -2.27. The predicted molar refractivity (Wildman–Crippen MR) is 137 cm³/mol. The summed E-state index contributed by atoms with van der Waals surface area (Å²) in [6, 6.07) is 28.4. The fourth-order valence-electron chi connectivity index (χ4n) is 4.40. The smallest absolute Gasteiger partial charge is 0.255 e. The van der Waals surface area contributed by atoms with Crippen molar-refractivity contribution in [3.63, 3.8) is 0 Å². The number of hydrogen-bond acceptors (Lipinski definition) is 4. The first-order valence-electron chi connectivity index (χ1n) is 12.1. The lowest BCUT2D eigenvalue weighted by molar-refractivity contribution is 0.0340. The molecular weight excluding hydrogens is 436 g/mol. The second-order valence-electron chi connectivity index (χ2n) is 8.78. The molecule has 0 unspecified atom stereocenters. The molecule has 1 aromatic heterocycles. The molecule has 3 aromatic carbocycles. The molecule has 0 saturated carbocycles. The molecule has 0 spiro atoms. The average Bonchev–Trinajstić information content (AvgIpc) is 3.33. The lowest BCUT2D eigenvalue weighted by atomic mass is 10.1. The molecule has 1 N–H and O–H groups in total. The molecule has 5 rings (SSSR count). The molecule has 1 fully saturated rings. The van der Waals surface area contributed by atoms with E-state index in [9.17, 15) is 4.79 Å². The number of nitrogens with one attached hydrogen (secondary N) is 1. The van der Waals surface area contributed by atoms with Gasteiger partial charge in [-0.2, -0.15) is 5.10 Å². The number of rotatable bonds is 8. The Morgan fingerprint density at radius 2 is 1.49 bits per heavy atom. The van der Waals surface area contributed by atoms with Crippen LogP contribution in [0, 0.1) is 0 Å². The van der Waals surface area contributed by atoms with Gasteiger partial charge in [0.05, 0.1) is 25.3 Å². The maximum Gasteiger partial charge on any atom is 0.255 e. The number of carbonyl (C=O) groups is 1. The highest BCUT2D eigenvalue weighted by atomic mass is 16.5. The largest absolute Gasteiger partial charge is 0.379 e. The third kappa shape index (κ3) is 5.85. The third-order valence-corrected chi connectivity index (χ3v) is 6.30. The van der Waals surface area contributed by atoms with Gasteiger partial charge in [0.1, 0.15) is 5.69 Å². The fourth-order valence-corrected chi connectivity index (χ4v) is 4.40. The number of aromatic nitrogens is 2. The van der Waals surface area contributed by atoms with Gasteiger partial charge in [-0.05, 0) is 16.7 Å². The van der Waals surface area contributed by atoms with Crippen LogP contribution in [-0.2, 0) is 24.4 Å². The van der Waals surface area contributed by atoms with E-state index in [1.54, 1.807) is 0 Å². The zero-order valence-electron chi connectivity index (χ0n) is 19.8. The van der Waals surface area contributed by atoms with Crippen LogP contribution < -0.4 is 5.32 Å². The molecule has 2 heterocycles. The molecule has 0 radical (unpaired) electrons. The normalized spacial score (nSPS) is 14.1. The highest BCUT2D eigenvalue weighted by molar-refractivity contribution is 5.99. The van der Waals surface area contributed by atoms with Crippen molar-refractivity contribution in [2.24, 2.45) is 0 Å². The SMILES string of the molecule is O=C(NCc1ccccc1CN1CCOCC1)c1cn(Cc2ccccc2)nc1-c1ccccc1. The van der Waals surface area contributed by atoms with Crippen molar-refractivity contribution in [3.05, 3.63) is 113 Å². The molecule has 1 aliphatic heterocycles. The Morgan fingerprint density at radius 3 is 2.23 bits per heavy atom. The first-order valence-corrected chi connectivity index (χ1v) is 12.1. The van der Waals surface area contributed by atoms with Crippen LogP contribution in [0.2, 0.25) is 0 Å². The molecular formula is C29H30N4O2. The van der Waals surface area contributed by atoms with Crippen molar-refractivity contribution in [1.82, 2.24) is 20.0 Å². The maximum atomic E-state index is 13.4. The first-order chi connectivity index (χ1) is 17.3. The zero-order valence-corrected chi connectivity index (χ0v) is 19.8. The van der Waals surface area contributed by atoms with Gasteiger partial charge in [0.15, 0.2) is 0 Å². The van der Waals surface area contributed by atoms with Crippen molar-refractivity contribution in [2.75, 3.05) is 26.3 Å². The van der Waals surface area contributed by atoms with Crippen LogP contribution in [0.4, 0.5) is 0 Å². The quantitative estimate of drug-likeness (QED) is 0.419. The number of nitrogens with zero attached hydrogens (tertiary/aromatic N) is 3. The molecule has 6 nitrogen and oxygen atoms in total. The minimum Gasteiger partial charge on any atom is -0.379 e. The van der Waals surface area contributed by atoms with Crippen molar-refractivity contribution in [1.29, 1.82) is 0 Å². The van der Waals surface area contributed by atoms with E-state index in [0.29, 0.717) is 24.3 Å². The van der Waals surface area contributed by atoms with Gasteiger partial charge in [-0.1, -0.05) is 84.9 Å². The summed E-state index contributed by atoms with van der Waals surface area (Å²) >= 11 is 0. The summed E-state index contributed by atoms with van der Waals surface area (Å²) in [6.07, 6.45) is 1.85. The van der Waals surface area contributed by atoms with Gasteiger partial charge in [0.2, 0.25) is 0 Å². The maximum absolute atomic E-state index is 13.4. The summed E-state index contributed by atoms with van der Waals surface area (Å²) < 4.78 is 7.32. The van der Waals surface area contributed by atoms with Crippen LogP contribution in [-0.4, -0.2) is 46.9 Å². The fraction of sp³-hybridized carbons (Fsp3) is 0.241. The zero-order chi connectivity index (χ0) is 23.9. The van der Waals surface area contributed by atoms with E-state index >= 15 is 0 Å². The Labute approximate surface area is 206 Å². The molecule has 0 aliphatic carbocycles. The molecule has 1 saturated heterocycles. The second-order valence-corrected chi connectivity index (χ2v) is 8.78. The summed E-state index contributed by atoms with van der Waals surface area (Å²) in [6.45, 7) is 5.35. The highest BCUT2D eigenvalue weighted by Crippen LogP contribution is 2.23. The summed E-state index contributed by atoms with van der Waals surface area (Å²) in [4.78, 5) is 15.8. The molecule has 0 bridgehead atoms. The van der Waals surface area contributed by atoms with Crippen LogP contribution >= 0.6 is 0 Å². The van der Waals surface area contributed by atoms with Gasteiger partial charge in [-0.25, -0.2) is 0 Å². The summed E-state index contributed by atoms with van der Waals surface area (Å²) in [7, 11) is 0. The Balaban J connectivity index is 1.34. The summed E-state index contributed by atoms with van der Waals surface area (Å²) in [5.74, 6) is -0.121. The number of morpholine rings is 1. The number of hydrogen-bond donors (Lipinski definition) is 1. The van der Waals surface area contributed by atoms with Gasteiger partial charge in [-0.3, -0.25) is 14.4 Å². The summed E-state index contributed by atoms with van der Waals surface area (Å²) in [5, 5.41) is 7.93. The first kappa shape index (κ1) is 23.0. The number of ether oxygens (including phenoxy) is 1. The molecule has 1 amide bonds. The van der Waals surface area contributed by atoms with E-state index < -0.39 is 0 Å². The van der Waals surface area contributed by atoms with Crippen LogP contribution in [0.15, 0.2) is 91.1 Å². The Morgan fingerprint density at radius 1 is 0.829 bits per heavy atom. The van der Waals surface area contributed by atoms with Gasteiger partial charge < -0.3 is 10.1 Å². The van der Waals surface area contributed by atoms with E-state index in [-0.39, 0.29) is 5.91 Å². The molecule has 0 atom stereocenters. The van der Waals surface area contributed by atoms with E-state index in [2.05, 4.69) is 40.5 Å². The minimum absolute atomic E-state index is 0.121. The van der Waals surface area contributed by atoms with E-state index in [1.165, 1.54) is 5.56 Å². The Bertz CT molecular complexity index is 1250. The van der Waals surface area contributed by atoms with Crippen LogP contribution in [0.3, 0.4) is 0 Å². The number of benzene rings is 3. The van der Waals surface area contributed by atoms with Crippen LogP contribution in [0.5, 0.6) is 0 Å². The topological polar surface area (TPSA) is 59.4 Å². The van der Waals surface area contributed by atoms with Crippen LogP contribution in [0.25, 0.3) is 11.3 Å². The minimum atomic E-state index is -0.121. The van der Waals surface area contributed by atoms with Crippen molar-refractivity contribution >= 4 is 5.91 Å². The van der Waals surface area contributed by atoms with Gasteiger partial charge in [-0.15, -0.1) is 0 Å². The lowest BCUT2D eigenvalue weighted by Crippen LogP contribution is -2.36. The monoisotopic (exact) mass is 466 g/mol. The van der Waals surface area contributed by atoms with E-state index in [0.717, 1.165) is 49.5 Å². The van der Waals surface area contributed by atoms with Crippen molar-refractivity contribution in [2.45, 2.75) is 19.6 Å². The summed E-state index contributed by atoms with van der Waals surface area (Å²) in [5.41, 5.74) is 5.71. The van der Waals surface area contributed by atoms with Gasteiger partial charge in [0.25, 0.3) is 5.91 Å². The highest BCUT2D eigenvalue weighted by Gasteiger charge is 2.19. The Kier molecular flexibility index (Phi) is 7.32. The third-order valence-electron chi connectivity index (χ3n) is 6.30. The van der Waals surface area contributed by atoms with Crippen molar-refractivity contribution < 1.29 is 9.53 Å². The molecule has 35 heavy (non-hydrogen) atoms. The average molecular weight is 467 g/mol. The van der Waals surface area contributed by atoms with Crippen molar-refractivity contribution in [3.8, 4) is 11.3 Å². The Hall–Kier alpha value is -3.74. The van der Waals surface area contributed by atoms with Crippen LogP contribution in [0.1, 0.15) is 27.0 Å². The molecule has 4 aromatic rings. The predicted octanol–water partition coefficient (Wildman–Crippen LogP) is 4.36. The standard InChI is InChI=1S/C29H30N4O2/c34-29(30-19-25-13-7-8-14-26(25)21-32-15-17-35-18-16-32)27-22-33(20-23-9-3-1-4-10-23)31-28(27)24-11-5-2-6-12-24/h1-14,22H,15-21H2,(H,30,34). The van der Waals surface area contributed by atoms with Gasteiger partial charge >= 0.3 is 0 Å². The molecule has 178 valence electrons.